The van der Waals surface area contributed by atoms with E-state index in [-0.39, 0.29) is 36.0 Å². The summed E-state index contributed by atoms with van der Waals surface area (Å²) in [6.45, 7) is 8.45. The van der Waals surface area contributed by atoms with Crippen LogP contribution in [0.2, 0.25) is 0 Å². The number of hydrogen-bond donors (Lipinski definition) is 6. The van der Waals surface area contributed by atoms with E-state index in [2.05, 4.69) is 143 Å². The third-order valence-electron chi connectivity index (χ3n) is 9.25. The Morgan fingerprint density at radius 3 is 1.85 bits per heavy atom. The molecule has 1 atom stereocenters. The molecule has 0 fully saturated rings. The number of nitro groups is 1. The van der Waals surface area contributed by atoms with E-state index in [1.807, 2.05) is 0 Å². The van der Waals surface area contributed by atoms with Crippen LogP contribution in [0.1, 0.15) is 61.4 Å². The number of unbranched alkanes of at least 4 members (excludes halogenated alkanes) is 1. The zero-order chi connectivity index (χ0) is 44.6. The van der Waals surface area contributed by atoms with Crippen LogP contribution in [0.3, 0.4) is 0 Å². The van der Waals surface area contributed by atoms with Crippen LogP contribution in [-0.4, -0.2) is 48.4 Å². The molecule has 62 heavy (non-hydrogen) atoms. The second kappa shape index (κ2) is 26.8. The zero-order valence-electron chi connectivity index (χ0n) is 34.8. The summed E-state index contributed by atoms with van der Waals surface area (Å²) in [4.78, 5) is 56.4. The Balaban J connectivity index is 0.000000419. The van der Waals surface area contributed by atoms with Crippen LogP contribution in [0.5, 0.6) is 5.75 Å². The SMILES string of the molecule is CC(C)C(N[C-]=O)C(=O)NCC(=O)Nc1ccc(COC(=O)Oc2ccc([N+](=O)[O-])cc2)cc1.CCCCNC(c1ccccc1)(c1ccccc1)c1ccc(C)cc1.SS.[Fm]. The first-order chi connectivity index (χ1) is 29.5. The maximum Gasteiger partial charge on any atom is 0.514 e. The Kier molecular flexibility index (Phi) is 22.1. The minimum Gasteiger partial charge on any atom is -0.520 e. The molecular formula is C46H52FmN5O8S2-. The number of nitrogens with zero attached hydrogens (tertiary/aromatic N) is 1. The normalized spacial score (nSPS) is 10.8. The fourth-order valence-corrected chi connectivity index (χ4v) is 6.11. The molecule has 0 saturated heterocycles. The van der Waals surface area contributed by atoms with Crippen LogP contribution in [0.15, 0.2) is 133 Å². The molecular weight excluding hydrogens is 1070 g/mol. The number of anilines is 1. The van der Waals surface area contributed by atoms with Gasteiger partial charge in [-0.2, -0.15) is 6.41 Å². The van der Waals surface area contributed by atoms with E-state index in [1.165, 1.54) is 59.4 Å². The van der Waals surface area contributed by atoms with Crippen molar-refractivity contribution >= 4 is 59.1 Å². The van der Waals surface area contributed by atoms with Crippen molar-refractivity contribution in [1.82, 2.24) is 16.0 Å². The molecule has 0 aromatic heterocycles. The van der Waals surface area contributed by atoms with Gasteiger partial charge in [-0.25, -0.2) is 4.79 Å². The van der Waals surface area contributed by atoms with Gasteiger partial charge in [-0.1, -0.05) is 130 Å². The van der Waals surface area contributed by atoms with Gasteiger partial charge in [-0.3, -0.25) is 25.0 Å². The van der Waals surface area contributed by atoms with Gasteiger partial charge in [0.05, 0.1) is 23.0 Å². The smallest absolute Gasteiger partial charge is 0.514 e. The van der Waals surface area contributed by atoms with Crippen molar-refractivity contribution in [3.8, 4) is 5.75 Å². The number of aryl methyl sites for hydroxylation is 1. The van der Waals surface area contributed by atoms with E-state index >= 15 is 0 Å². The zero-order valence-corrected chi connectivity index (χ0v) is 39.0. The molecule has 4 N–H and O–H groups in total. The van der Waals surface area contributed by atoms with Crippen LogP contribution < -0.4 is 26.0 Å². The molecule has 0 radical (unpaired) electrons. The standard InChI is InChI=1S/C24H27N.C22H23N4O8.Fm.H2S2/c1-3-4-19-25-24(21-11-7-5-8-12-21,22-13-9-6-10-14-22)23-17-15-20(2)16-18-23;1-14(2)20(24-13-27)21(29)23-11-19(28)25-16-5-3-15(4-6-16)12-33-22(30)34-18-9-7-17(8-10-18)26(31)32;;1-2/h5-18,25H,3-4,19H2,1-2H3;3-10,14,20H,11-12H2,1-2H3,(H,23,29)(H,24,27)(H,25,28);;1-2H/q;-1;;. The number of carbonyl (C=O) groups is 3. The Labute approximate surface area is 367 Å². The Morgan fingerprint density at radius 2 is 1.35 bits per heavy atom. The van der Waals surface area contributed by atoms with Gasteiger partial charge < -0.3 is 30.2 Å². The van der Waals surface area contributed by atoms with Gasteiger partial charge >= 0.3 is 6.16 Å². The number of benzene rings is 5. The van der Waals surface area contributed by atoms with Crippen molar-refractivity contribution in [2.45, 2.75) is 58.7 Å². The number of rotatable bonds is 18. The molecule has 1 unspecified atom stereocenters. The summed E-state index contributed by atoms with van der Waals surface area (Å²) in [6.07, 6.45) is 2.83. The van der Waals surface area contributed by atoms with Gasteiger partial charge in [-0.15, -0.1) is 23.3 Å². The van der Waals surface area contributed by atoms with Crippen LogP contribution >= 0.6 is 23.3 Å². The quantitative estimate of drug-likeness (QED) is 0.00480. The van der Waals surface area contributed by atoms with Gasteiger partial charge in [0.25, 0.3) is 5.69 Å². The summed E-state index contributed by atoms with van der Waals surface area (Å²) in [5.41, 5.74) is 5.73. The maximum absolute atomic E-state index is 12.1. The number of amides is 3. The molecule has 0 spiro atoms. The number of carbonyl (C=O) groups excluding carboxylic acids is 4. The molecule has 0 aliphatic carbocycles. The predicted molar refractivity (Wildman–Crippen MR) is 244 cm³/mol. The molecule has 0 saturated carbocycles. The number of nitro benzene ring substituents is 1. The minimum absolute atomic E-state index is 0. The summed E-state index contributed by atoms with van der Waals surface area (Å²) < 4.78 is 9.93. The largest absolute Gasteiger partial charge is 0.520 e. The van der Waals surface area contributed by atoms with E-state index in [0.29, 0.717) is 11.3 Å². The molecule has 13 nitrogen and oxygen atoms in total. The van der Waals surface area contributed by atoms with E-state index < -0.39 is 28.9 Å². The van der Waals surface area contributed by atoms with E-state index in [1.54, 1.807) is 38.1 Å². The molecule has 0 heterocycles. The first-order valence-electron chi connectivity index (χ1n) is 19.5. The monoisotopic (exact) mass is 1120 g/mol. The fraction of sp³-hybridized carbons (Fsp3) is 0.261. The summed E-state index contributed by atoms with van der Waals surface area (Å²) in [6, 6.07) is 41.1. The van der Waals surface area contributed by atoms with Crippen molar-refractivity contribution in [3.63, 3.8) is 0 Å². The summed E-state index contributed by atoms with van der Waals surface area (Å²) in [7, 11) is 0. The van der Waals surface area contributed by atoms with Gasteiger partial charge in [0.2, 0.25) is 11.8 Å². The van der Waals surface area contributed by atoms with Gasteiger partial charge in [-0.05, 0) is 72.3 Å². The second-order valence-electron chi connectivity index (χ2n) is 14.0. The van der Waals surface area contributed by atoms with Gasteiger partial charge in [0, 0.05) is 17.8 Å². The molecule has 0 aliphatic heterocycles. The molecule has 5 aromatic rings. The van der Waals surface area contributed by atoms with Crippen molar-refractivity contribution < 1.29 is 33.6 Å². The van der Waals surface area contributed by atoms with Crippen LogP contribution in [0, 0.1) is 23.0 Å². The molecule has 0 bridgehead atoms. The molecule has 5 rings (SSSR count). The van der Waals surface area contributed by atoms with E-state index in [9.17, 15) is 29.3 Å². The molecule has 3 amide bonds. The van der Waals surface area contributed by atoms with Gasteiger partial charge in [0.1, 0.15) is 12.4 Å². The number of nitrogens with one attached hydrogen (secondary N) is 4. The van der Waals surface area contributed by atoms with Crippen LogP contribution in [0.25, 0.3) is 0 Å². The molecule has 16 heteroatoms. The average Bonchev–Trinajstić information content (AvgIpc) is 3.28. The summed E-state index contributed by atoms with van der Waals surface area (Å²) in [5.74, 6) is -1.05. The fourth-order valence-electron chi connectivity index (χ4n) is 6.11. The number of hydrogen-bond acceptors (Lipinski definition) is 11. The second-order valence-corrected chi connectivity index (χ2v) is 14.0. The first kappa shape index (κ1) is 51.0. The van der Waals surface area contributed by atoms with E-state index in [4.69, 9.17) is 9.47 Å². The van der Waals surface area contributed by atoms with Gasteiger partial charge in [0.15, 0.2) is 0 Å². The third-order valence-corrected chi connectivity index (χ3v) is 9.25. The van der Waals surface area contributed by atoms with Crippen LogP contribution in [0.4, 0.5) is 16.2 Å². The van der Waals surface area contributed by atoms with E-state index in [0.717, 1.165) is 13.0 Å². The maximum atomic E-state index is 12.1. The molecule has 0 aliphatic rings. The van der Waals surface area contributed by atoms with Crippen molar-refractivity contribution in [3.05, 3.63) is 171 Å². The first-order valence-corrected chi connectivity index (χ1v) is 21.1. The molecule has 334 valence electrons. The Hall–Kier alpha value is -7.16. The Bertz CT molecular complexity index is 2080. The van der Waals surface area contributed by atoms with Crippen LogP contribution in [-0.2, 0) is 31.3 Å². The van der Waals surface area contributed by atoms with Crippen molar-refractivity contribution in [2.75, 3.05) is 18.4 Å². The predicted octanol–water partition coefficient (Wildman–Crippen LogP) is 8.48. The number of thiol groups is 2. The summed E-state index contributed by atoms with van der Waals surface area (Å²) >= 11 is 6.44. The average molecular weight is 1120 g/mol. The minimum atomic E-state index is -0.983. The number of ether oxygens (including phenoxy) is 2. The number of non-ortho nitro benzene ring substituents is 1. The molecule has 5 aromatic carbocycles. The van der Waals surface area contributed by atoms with Crippen molar-refractivity contribution in [2.24, 2.45) is 5.92 Å². The third kappa shape index (κ3) is 15.5. The van der Waals surface area contributed by atoms with Crippen molar-refractivity contribution in [1.29, 1.82) is 0 Å². The topological polar surface area (TPSA) is 178 Å². The summed E-state index contributed by atoms with van der Waals surface area (Å²) in [5, 5.41) is 21.9. The Morgan fingerprint density at radius 1 is 0.806 bits per heavy atom.